The molecule has 0 aromatic heterocycles. The zero-order valence-electron chi connectivity index (χ0n) is 8.46. The van der Waals surface area contributed by atoms with Crippen molar-refractivity contribution in [2.24, 2.45) is 5.92 Å². The largest absolute Gasteiger partial charge is 0.509 e. The van der Waals surface area contributed by atoms with Crippen LogP contribution in [0.1, 0.15) is 19.4 Å². The van der Waals surface area contributed by atoms with Crippen molar-refractivity contribution in [3.05, 3.63) is 30.3 Å². The maximum Gasteiger partial charge on any atom is 0.145 e. The van der Waals surface area contributed by atoms with Crippen LogP contribution in [-0.2, 0) is 0 Å². The number of hydrogen-bond donors (Lipinski definition) is 1. The molecule has 0 aliphatic heterocycles. The van der Waals surface area contributed by atoms with E-state index >= 15 is 0 Å². The minimum absolute atomic E-state index is 0.347. The van der Waals surface area contributed by atoms with E-state index in [1.54, 1.807) is 6.07 Å². The van der Waals surface area contributed by atoms with Crippen molar-refractivity contribution in [1.82, 2.24) is 0 Å². The molecule has 68 valence electrons. The number of allylic oxidation sites excluding steroid dienone is 1. The van der Waals surface area contributed by atoms with Gasteiger partial charge in [-0.2, -0.15) is 0 Å². The lowest BCUT2D eigenvalue weighted by Crippen LogP contribution is -2.11. The Morgan fingerprint density at radius 1 is 1.46 bits per heavy atom. The highest BCUT2D eigenvalue weighted by Gasteiger charge is 2.08. The molecule has 0 heterocycles. The van der Waals surface area contributed by atoms with Crippen LogP contribution >= 0.6 is 0 Å². The van der Waals surface area contributed by atoms with Gasteiger partial charge in [0.25, 0.3) is 0 Å². The second-order valence-electron chi connectivity index (χ2n) is 3.63. The van der Waals surface area contributed by atoms with Crippen LogP contribution in [0.3, 0.4) is 0 Å². The zero-order chi connectivity index (χ0) is 10.0. The molecule has 0 aliphatic carbocycles. The monoisotopic (exact) mass is 174 g/mol. The Kier molecular flexibility index (Phi) is 2.81. The van der Waals surface area contributed by atoms with E-state index in [0.717, 1.165) is 16.6 Å². The molecule has 1 aromatic carbocycles. The molecule has 1 nitrogen and oxygen atoms in total. The molecule has 1 rings (SSSR count). The van der Waals surface area contributed by atoms with E-state index in [9.17, 15) is 5.11 Å². The topological polar surface area (TPSA) is 20.2 Å². The summed E-state index contributed by atoms with van der Waals surface area (Å²) in [7, 11) is 1.91. The molecular weight excluding hydrogens is 159 g/mol. The third-order valence-electron chi connectivity index (χ3n) is 2.35. The van der Waals surface area contributed by atoms with Crippen molar-refractivity contribution in [1.29, 1.82) is 0 Å². The highest BCUT2D eigenvalue weighted by atomic mass is 16.3. The summed E-state index contributed by atoms with van der Waals surface area (Å²) in [6, 6.07) is 5.55. The number of phenolic OH excluding ortho intramolecular Hbond substituents is 1. The summed E-state index contributed by atoms with van der Waals surface area (Å²) in [4.78, 5) is 0. The quantitative estimate of drug-likeness (QED) is 0.670. The lowest BCUT2D eigenvalue weighted by atomic mass is 9.83. The zero-order valence-corrected chi connectivity index (χ0v) is 8.46. The highest BCUT2D eigenvalue weighted by Crippen LogP contribution is 2.21. The standard InChI is InChI=1S/C11H15BO/c1-7(2)8(3)9-5-4-6-10(13)11(9)12/h4-7,13H,3,12H2,1-2H3. The van der Waals surface area contributed by atoms with E-state index in [2.05, 4.69) is 20.4 Å². The maximum absolute atomic E-state index is 9.49. The summed E-state index contributed by atoms with van der Waals surface area (Å²) in [6.07, 6.45) is 0. The fraction of sp³-hybridized carbons (Fsp3) is 0.273. The molecule has 0 saturated carbocycles. The number of phenols is 1. The minimum atomic E-state index is 0.347. The van der Waals surface area contributed by atoms with Crippen molar-refractivity contribution >= 4 is 18.9 Å². The Morgan fingerprint density at radius 3 is 2.62 bits per heavy atom. The molecular formula is C11H15BO. The molecule has 0 fully saturated rings. The summed E-state index contributed by atoms with van der Waals surface area (Å²) in [5.74, 6) is 0.764. The maximum atomic E-state index is 9.49. The summed E-state index contributed by atoms with van der Waals surface area (Å²) in [5.41, 5.74) is 3.06. The first kappa shape index (κ1) is 9.91. The van der Waals surface area contributed by atoms with Crippen molar-refractivity contribution in [2.45, 2.75) is 13.8 Å². The third kappa shape index (κ3) is 1.94. The van der Waals surface area contributed by atoms with E-state index in [0.29, 0.717) is 11.7 Å². The Bertz CT molecular complexity index is 329. The highest BCUT2D eigenvalue weighted by molar-refractivity contribution is 6.36. The molecule has 0 saturated heterocycles. The average Bonchev–Trinajstić information content (AvgIpc) is 2.08. The second kappa shape index (κ2) is 3.69. The number of rotatable bonds is 2. The molecule has 2 heteroatoms. The predicted octanol–water partition coefficient (Wildman–Crippen LogP) is 1.32. The number of benzene rings is 1. The van der Waals surface area contributed by atoms with E-state index in [1.165, 1.54) is 0 Å². The molecule has 0 amide bonds. The molecule has 13 heavy (non-hydrogen) atoms. The molecule has 0 aliphatic rings. The van der Waals surface area contributed by atoms with Gasteiger partial charge in [0.1, 0.15) is 13.6 Å². The van der Waals surface area contributed by atoms with Crippen LogP contribution in [0.5, 0.6) is 5.75 Å². The molecule has 0 bridgehead atoms. The Balaban J connectivity index is 3.15. The minimum Gasteiger partial charge on any atom is -0.509 e. The summed E-state index contributed by atoms with van der Waals surface area (Å²) >= 11 is 0. The SMILES string of the molecule is Bc1c(O)cccc1C(=C)C(C)C. The smallest absolute Gasteiger partial charge is 0.145 e. The van der Waals surface area contributed by atoms with E-state index < -0.39 is 0 Å². The summed E-state index contributed by atoms with van der Waals surface area (Å²) < 4.78 is 0. The molecule has 0 unspecified atom stereocenters. The Hall–Kier alpha value is -1.18. The molecule has 0 radical (unpaired) electrons. The van der Waals surface area contributed by atoms with Gasteiger partial charge < -0.3 is 5.11 Å². The van der Waals surface area contributed by atoms with Gasteiger partial charge in [0.15, 0.2) is 0 Å². The van der Waals surface area contributed by atoms with Gasteiger partial charge in [0, 0.05) is 0 Å². The van der Waals surface area contributed by atoms with Gasteiger partial charge in [0.2, 0.25) is 0 Å². The van der Waals surface area contributed by atoms with Crippen molar-refractivity contribution < 1.29 is 5.11 Å². The van der Waals surface area contributed by atoms with Gasteiger partial charge in [-0.1, -0.05) is 32.6 Å². The van der Waals surface area contributed by atoms with Crippen molar-refractivity contribution in [3.63, 3.8) is 0 Å². The van der Waals surface area contributed by atoms with Gasteiger partial charge in [-0.3, -0.25) is 0 Å². The second-order valence-corrected chi connectivity index (χ2v) is 3.63. The van der Waals surface area contributed by atoms with Gasteiger partial charge in [0.05, 0.1) is 0 Å². The van der Waals surface area contributed by atoms with Crippen LogP contribution in [0.4, 0.5) is 0 Å². The van der Waals surface area contributed by atoms with Crippen molar-refractivity contribution in [3.8, 4) is 5.75 Å². The van der Waals surface area contributed by atoms with Gasteiger partial charge in [-0.05, 0) is 28.6 Å². The Labute approximate surface area is 80.5 Å². The normalized spacial score (nSPS) is 10.4. The fourth-order valence-electron chi connectivity index (χ4n) is 1.28. The lowest BCUT2D eigenvalue weighted by Gasteiger charge is -2.13. The van der Waals surface area contributed by atoms with Crippen LogP contribution in [0, 0.1) is 5.92 Å². The molecule has 0 spiro atoms. The van der Waals surface area contributed by atoms with E-state index in [1.807, 2.05) is 20.0 Å². The number of aromatic hydroxyl groups is 1. The Morgan fingerprint density at radius 2 is 2.08 bits per heavy atom. The number of hydrogen-bond acceptors (Lipinski definition) is 1. The van der Waals surface area contributed by atoms with Crippen LogP contribution in [-0.4, -0.2) is 13.0 Å². The third-order valence-corrected chi connectivity index (χ3v) is 2.35. The van der Waals surface area contributed by atoms with Crippen molar-refractivity contribution in [2.75, 3.05) is 0 Å². The predicted molar refractivity (Wildman–Crippen MR) is 60.2 cm³/mol. The summed E-state index contributed by atoms with van der Waals surface area (Å²) in [6.45, 7) is 8.22. The molecule has 1 N–H and O–H groups in total. The van der Waals surface area contributed by atoms with E-state index in [4.69, 9.17) is 0 Å². The molecule has 1 aromatic rings. The average molecular weight is 174 g/mol. The lowest BCUT2D eigenvalue weighted by molar-refractivity contribution is 0.479. The van der Waals surface area contributed by atoms with Gasteiger partial charge in [-0.25, -0.2) is 0 Å². The van der Waals surface area contributed by atoms with Crippen LogP contribution in [0.15, 0.2) is 24.8 Å². The van der Waals surface area contributed by atoms with Gasteiger partial charge in [-0.15, -0.1) is 0 Å². The van der Waals surface area contributed by atoms with Gasteiger partial charge >= 0.3 is 0 Å². The van der Waals surface area contributed by atoms with Crippen LogP contribution < -0.4 is 5.46 Å². The first-order valence-corrected chi connectivity index (χ1v) is 4.51. The van der Waals surface area contributed by atoms with Crippen LogP contribution in [0.25, 0.3) is 5.57 Å². The molecule has 0 atom stereocenters. The van der Waals surface area contributed by atoms with E-state index in [-0.39, 0.29) is 0 Å². The summed E-state index contributed by atoms with van der Waals surface area (Å²) in [5, 5.41) is 9.49. The fourth-order valence-corrected chi connectivity index (χ4v) is 1.28. The van der Waals surface area contributed by atoms with Crippen LogP contribution in [0.2, 0.25) is 0 Å². The first-order valence-electron chi connectivity index (χ1n) is 4.51. The first-order chi connectivity index (χ1) is 6.04.